The molecule has 0 aliphatic heterocycles. The topological polar surface area (TPSA) is 94.9 Å². The van der Waals surface area contributed by atoms with Gasteiger partial charge in [-0.1, -0.05) is 78.0 Å². The molecule has 0 radical (unpaired) electrons. The van der Waals surface area contributed by atoms with E-state index >= 15 is 0 Å². The van der Waals surface area contributed by atoms with Crippen molar-refractivity contribution in [1.29, 1.82) is 0 Å². The number of ketones is 1. The fourth-order valence-corrected chi connectivity index (χ4v) is 5.10. The lowest BCUT2D eigenvalue weighted by atomic mass is 9.68. The highest BCUT2D eigenvalue weighted by atomic mass is 16.4. The van der Waals surface area contributed by atoms with Crippen LogP contribution in [0, 0.1) is 18.3 Å². The van der Waals surface area contributed by atoms with E-state index in [1.165, 1.54) is 11.9 Å². The van der Waals surface area contributed by atoms with Gasteiger partial charge in [0.05, 0.1) is 5.60 Å². The summed E-state index contributed by atoms with van der Waals surface area (Å²) < 4.78 is 0. The van der Waals surface area contributed by atoms with Gasteiger partial charge in [0, 0.05) is 29.5 Å². The normalized spacial score (nSPS) is 15.7. The number of aliphatic hydroxyl groups is 1. The summed E-state index contributed by atoms with van der Waals surface area (Å²) in [7, 11) is 1.48. The maximum Gasteiger partial charge on any atom is 0.323 e. The van der Waals surface area contributed by atoms with Gasteiger partial charge in [-0.05, 0) is 68.7 Å². The number of carbonyl (C=O) groups is 3. The molecule has 2 unspecified atom stereocenters. The number of likely N-dealkylation sites (N-methyl/N-ethyl adjacent to an activating group) is 1. The molecule has 6 nitrogen and oxygen atoms in total. The van der Waals surface area contributed by atoms with Crippen molar-refractivity contribution in [1.82, 2.24) is 4.90 Å². The number of aryl methyl sites for hydroxylation is 1. The number of amides is 1. The number of carbonyl (C=O) groups excluding carboxylic acids is 2. The molecule has 0 aliphatic rings. The minimum absolute atomic E-state index is 0.105. The van der Waals surface area contributed by atoms with E-state index in [-0.39, 0.29) is 23.7 Å². The second-order valence-electron chi connectivity index (χ2n) is 11.7. The summed E-state index contributed by atoms with van der Waals surface area (Å²) in [5, 5.41) is 20.2. The van der Waals surface area contributed by atoms with Crippen molar-refractivity contribution in [3.8, 4) is 0 Å². The van der Waals surface area contributed by atoms with Gasteiger partial charge in [0.25, 0.3) is 5.91 Å². The predicted molar refractivity (Wildman–Crippen MR) is 159 cm³/mol. The zero-order valence-electron chi connectivity index (χ0n) is 25.8. The molecular weight excluding hydrogens is 490 g/mol. The molecule has 1 aromatic rings. The van der Waals surface area contributed by atoms with Crippen LogP contribution in [0.15, 0.2) is 53.6 Å². The SMILES string of the molecule is C/C=C(/C=C\C(=C/C)C(CC)(CC)c1ccc(C(=O)N(C)CC(=O)O)c(C)c1)C(=O)C(C)C(C)(O)C(C)(C)C. The van der Waals surface area contributed by atoms with Gasteiger partial charge in [0.2, 0.25) is 0 Å². The summed E-state index contributed by atoms with van der Waals surface area (Å²) in [5.41, 5.74) is 1.91. The van der Waals surface area contributed by atoms with Gasteiger partial charge in [-0.3, -0.25) is 14.4 Å². The first-order valence-electron chi connectivity index (χ1n) is 13.8. The monoisotopic (exact) mass is 539 g/mol. The van der Waals surface area contributed by atoms with E-state index in [9.17, 15) is 19.5 Å². The Kier molecular flexibility index (Phi) is 11.7. The molecular formula is C33H49NO5. The van der Waals surface area contributed by atoms with Crippen molar-refractivity contribution in [2.24, 2.45) is 11.3 Å². The fourth-order valence-electron chi connectivity index (χ4n) is 5.10. The van der Waals surface area contributed by atoms with Gasteiger partial charge in [-0.15, -0.1) is 0 Å². The molecule has 216 valence electrons. The molecule has 0 heterocycles. The van der Waals surface area contributed by atoms with Gasteiger partial charge in [-0.25, -0.2) is 0 Å². The summed E-state index contributed by atoms with van der Waals surface area (Å²) in [5.74, 6) is -2.08. The molecule has 0 fully saturated rings. The molecule has 39 heavy (non-hydrogen) atoms. The lowest BCUT2D eigenvalue weighted by Crippen LogP contribution is -2.48. The van der Waals surface area contributed by atoms with Gasteiger partial charge >= 0.3 is 5.97 Å². The van der Waals surface area contributed by atoms with Gasteiger partial charge in [0.15, 0.2) is 5.78 Å². The summed E-state index contributed by atoms with van der Waals surface area (Å²) in [6.45, 7) is 18.9. The third-order valence-electron chi connectivity index (χ3n) is 8.59. The number of carboxylic acid groups (broad SMARTS) is 1. The van der Waals surface area contributed by atoms with Crippen LogP contribution in [0.25, 0.3) is 0 Å². The Bertz CT molecular complexity index is 1140. The highest BCUT2D eigenvalue weighted by Gasteiger charge is 2.43. The van der Waals surface area contributed by atoms with Crippen molar-refractivity contribution in [2.45, 2.75) is 93.1 Å². The standard InChI is InChI=1S/C33H49NO5/c1-12-24(29(37)23(6)32(10,39)31(7,8)9)16-17-25(13-2)33(14-3,15-4)26-18-19-27(22(5)20-26)30(38)34(11)21-28(35)36/h12-13,16-20,23,39H,14-15,21H2,1-11H3,(H,35,36)/b17-16-,24-12-,25-13+. The summed E-state index contributed by atoms with van der Waals surface area (Å²) in [4.78, 5) is 38.5. The van der Waals surface area contributed by atoms with E-state index in [2.05, 4.69) is 19.9 Å². The molecule has 0 saturated heterocycles. The number of Topliss-reactive ketones (excluding diaryl/α,β-unsaturated/α-hetero) is 1. The van der Waals surface area contributed by atoms with Crippen molar-refractivity contribution in [3.63, 3.8) is 0 Å². The zero-order valence-corrected chi connectivity index (χ0v) is 25.8. The quantitative estimate of drug-likeness (QED) is 0.229. The number of hydrogen-bond acceptors (Lipinski definition) is 4. The molecule has 1 rings (SSSR count). The van der Waals surface area contributed by atoms with Crippen molar-refractivity contribution in [3.05, 3.63) is 70.3 Å². The van der Waals surface area contributed by atoms with Crippen LogP contribution in [-0.4, -0.2) is 52.0 Å². The maximum absolute atomic E-state index is 13.4. The van der Waals surface area contributed by atoms with Crippen LogP contribution < -0.4 is 0 Å². The molecule has 0 bridgehead atoms. The number of nitrogens with zero attached hydrogens (tertiary/aromatic N) is 1. The number of benzene rings is 1. The largest absolute Gasteiger partial charge is 0.480 e. The average molecular weight is 540 g/mol. The van der Waals surface area contributed by atoms with Crippen LogP contribution in [-0.2, 0) is 15.0 Å². The van der Waals surface area contributed by atoms with E-state index in [1.54, 1.807) is 26.0 Å². The van der Waals surface area contributed by atoms with Crippen molar-refractivity contribution in [2.75, 3.05) is 13.6 Å². The lowest BCUT2D eigenvalue weighted by Gasteiger charge is -2.41. The number of rotatable bonds is 12. The number of allylic oxidation sites excluding steroid dienone is 6. The number of hydrogen-bond donors (Lipinski definition) is 2. The number of aliphatic carboxylic acids is 1. The lowest BCUT2D eigenvalue weighted by molar-refractivity contribution is -0.137. The highest BCUT2D eigenvalue weighted by molar-refractivity contribution is 6.00. The highest BCUT2D eigenvalue weighted by Crippen LogP contribution is 2.41. The summed E-state index contributed by atoms with van der Waals surface area (Å²) >= 11 is 0. The first-order chi connectivity index (χ1) is 17.9. The predicted octanol–water partition coefficient (Wildman–Crippen LogP) is 6.66. The molecule has 1 amide bonds. The Morgan fingerprint density at radius 1 is 1.00 bits per heavy atom. The minimum atomic E-state index is -1.18. The van der Waals surface area contributed by atoms with Crippen LogP contribution in [0.3, 0.4) is 0 Å². The molecule has 0 spiro atoms. The average Bonchev–Trinajstić information content (AvgIpc) is 2.86. The Morgan fingerprint density at radius 3 is 1.97 bits per heavy atom. The first kappa shape index (κ1) is 34.0. The van der Waals surface area contributed by atoms with E-state index in [0.29, 0.717) is 11.1 Å². The van der Waals surface area contributed by atoms with Crippen LogP contribution in [0.5, 0.6) is 0 Å². The van der Waals surface area contributed by atoms with Crippen LogP contribution >= 0.6 is 0 Å². The van der Waals surface area contributed by atoms with Gasteiger partial charge in [0.1, 0.15) is 6.54 Å². The van der Waals surface area contributed by atoms with Crippen molar-refractivity contribution < 1.29 is 24.6 Å². The third kappa shape index (κ3) is 7.36. The first-order valence-corrected chi connectivity index (χ1v) is 13.8. The molecule has 6 heteroatoms. The zero-order chi connectivity index (χ0) is 30.3. The number of carboxylic acids is 1. The third-order valence-corrected chi connectivity index (χ3v) is 8.59. The molecule has 0 aliphatic carbocycles. The van der Waals surface area contributed by atoms with Crippen LogP contribution in [0.4, 0.5) is 0 Å². The summed E-state index contributed by atoms with van der Waals surface area (Å²) in [6, 6.07) is 5.74. The van der Waals surface area contributed by atoms with Crippen molar-refractivity contribution >= 4 is 17.7 Å². The second kappa shape index (κ2) is 13.4. The molecule has 1 aromatic carbocycles. The Hall–Kier alpha value is -2.99. The molecule has 0 aromatic heterocycles. The fraction of sp³-hybridized carbons (Fsp3) is 0.545. The molecule has 2 atom stereocenters. The minimum Gasteiger partial charge on any atom is -0.480 e. The van der Waals surface area contributed by atoms with Gasteiger partial charge < -0.3 is 15.1 Å². The van der Waals surface area contributed by atoms with Crippen LogP contribution in [0.2, 0.25) is 0 Å². The van der Waals surface area contributed by atoms with E-state index < -0.39 is 22.9 Å². The Balaban J connectivity index is 3.46. The molecule has 2 N–H and O–H groups in total. The maximum atomic E-state index is 13.4. The smallest absolute Gasteiger partial charge is 0.323 e. The second-order valence-corrected chi connectivity index (χ2v) is 11.7. The van der Waals surface area contributed by atoms with Crippen LogP contribution in [0.1, 0.15) is 96.6 Å². The van der Waals surface area contributed by atoms with E-state index in [0.717, 1.165) is 29.5 Å². The Labute approximate surface area is 235 Å². The van der Waals surface area contributed by atoms with Gasteiger partial charge in [-0.2, -0.15) is 0 Å². The Morgan fingerprint density at radius 2 is 1.56 bits per heavy atom. The van der Waals surface area contributed by atoms with E-state index in [1.807, 2.05) is 65.8 Å². The summed E-state index contributed by atoms with van der Waals surface area (Å²) in [6.07, 6.45) is 9.29. The molecule has 0 saturated carbocycles. The van der Waals surface area contributed by atoms with E-state index in [4.69, 9.17) is 5.11 Å².